The lowest BCUT2D eigenvalue weighted by Gasteiger charge is -2.36. The molecule has 1 atom stereocenters. The van der Waals surface area contributed by atoms with Crippen molar-refractivity contribution in [2.45, 2.75) is 64.3 Å². The molecule has 0 amide bonds. The minimum Gasteiger partial charge on any atom is -0.493 e. The molecule has 0 spiro atoms. The largest absolute Gasteiger partial charge is 0.493 e. The molecule has 1 aliphatic rings. The zero-order valence-corrected chi connectivity index (χ0v) is 17.4. The van der Waals surface area contributed by atoms with Gasteiger partial charge in [-0.15, -0.1) is 0 Å². The molecule has 1 aromatic rings. The first kappa shape index (κ1) is 21.5. The number of benzene rings is 1. The maximum absolute atomic E-state index is 11.2. The van der Waals surface area contributed by atoms with Gasteiger partial charge in [0, 0.05) is 18.0 Å². The Morgan fingerprint density at radius 3 is 2.59 bits per heavy atom. The number of carbonyl (C=O) groups is 1. The number of methoxy groups -OCH3 is 3. The summed E-state index contributed by atoms with van der Waals surface area (Å²) >= 11 is 0. The van der Waals surface area contributed by atoms with Gasteiger partial charge in [-0.05, 0) is 63.2 Å². The molecule has 0 saturated carbocycles. The van der Waals surface area contributed by atoms with Crippen LogP contribution in [0.4, 0.5) is 0 Å². The number of unbranched alkanes of at least 4 members (excludes halogenated alkanes) is 2. The van der Waals surface area contributed by atoms with Gasteiger partial charge in [-0.25, -0.2) is 0 Å². The van der Waals surface area contributed by atoms with Crippen LogP contribution in [0, 0.1) is 0 Å². The average Bonchev–Trinajstić information content (AvgIpc) is 2.71. The van der Waals surface area contributed by atoms with Crippen molar-refractivity contribution in [3.05, 3.63) is 23.3 Å². The minimum absolute atomic E-state index is 0.103. The molecule has 0 N–H and O–H groups in total. The fourth-order valence-corrected chi connectivity index (χ4v) is 4.10. The van der Waals surface area contributed by atoms with Gasteiger partial charge in [0.25, 0.3) is 0 Å². The quantitative estimate of drug-likeness (QED) is 0.431. The third-order valence-corrected chi connectivity index (χ3v) is 5.51. The Labute approximate surface area is 164 Å². The molecular weight excluding hydrogens is 342 g/mol. The van der Waals surface area contributed by atoms with E-state index in [1.807, 2.05) is 6.07 Å². The monoisotopic (exact) mass is 377 g/mol. The van der Waals surface area contributed by atoms with Crippen molar-refractivity contribution in [2.75, 3.05) is 34.4 Å². The molecule has 0 fully saturated rings. The van der Waals surface area contributed by atoms with E-state index >= 15 is 0 Å². The second-order valence-electron chi connectivity index (χ2n) is 7.26. The summed E-state index contributed by atoms with van der Waals surface area (Å²) in [7, 11) is 4.87. The molecule has 5 heteroatoms. The Balaban J connectivity index is 1.94. The number of rotatable bonds is 11. The first-order valence-electron chi connectivity index (χ1n) is 10.2. The van der Waals surface area contributed by atoms with E-state index in [-0.39, 0.29) is 5.97 Å². The normalized spacial score (nSPS) is 16.1. The zero-order valence-electron chi connectivity index (χ0n) is 17.4. The number of esters is 1. The Morgan fingerprint density at radius 1 is 1.11 bits per heavy atom. The minimum atomic E-state index is -0.103. The summed E-state index contributed by atoms with van der Waals surface area (Å²) < 4.78 is 15.8. The zero-order chi connectivity index (χ0) is 19.6. The lowest BCUT2D eigenvalue weighted by atomic mass is 9.86. The second-order valence-corrected chi connectivity index (χ2v) is 7.26. The standard InChI is InChI=1S/C22H35NO4/c1-5-14-23(15-8-6-7-9-21(24)26-3)18-11-12-19-17(16-18)10-13-20(25-2)22(19)27-4/h10,13,18H,5-9,11-12,14-16H2,1-4H3/t18-/m0/s1. The third kappa shape index (κ3) is 5.86. The highest BCUT2D eigenvalue weighted by molar-refractivity contribution is 5.68. The Bertz CT molecular complexity index is 602. The fraction of sp³-hybridized carbons (Fsp3) is 0.682. The van der Waals surface area contributed by atoms with Crippen molar-refractivity contribution in [3.8, 4) is 11.5 Å². The summed E-state index contributed by atoms with van der Waals surface area (Å²) in [5.41, 5.74) is 2.69. The van der Waals surface area contributed by atoms with Gasteiger partial charge in [0.15, 0.2) is 11.5 Å². The predicted molar refractivity (Wildman–Crippen MR) is 108 cm³/mol. The van der Waals surface area contributed by atoms with E-state index < -0.39 is 0 Å². The highest BCUT2D eigenvalue weighted by Crippen LogP contribution is 2.38. The lowest BCUT2D eigenvalue weighted by Crippen LogP contribution is -2.40. The summed E-state index contributed by atoms with van der Waals surface area (Å²) in [6.45, 7) is 4.47. The maximum atomic E-state index is 11.2. The summed E-state index contributed by atoms with van der Waals surface area (Å²) in [5, 5.41) is 0. The Hall–Kier alpha value is -1.75. The number of carbonyl (C=O) groups excluding carboxylic acids is 1. The van der Waals surface area contributed by atoms with Gasteiger partial charge in [0.05, 0.1) is 21.3 Å². The van der Waals surface area contributed by atoms with Crippen LogP contribution in [0.5, 0.6) is 11.5 Å². The molecule has 1 aromatic carbocycles. The molecular formula is C22H35NO4. The molecule has 0 aromatic heterocycles. The number of fused-ring (bicyclic) bond motifs is 1. The smallest absolute Gasteiger partial charge is 0.305 e. The highest BCUT2D eigenvalue weighted by Gasteiger charge is 2.27. The van der Waals surface area contributed by atoms with Gasteiger partial charge in [-0.1, -0.05) is 19.4 Å². The molecule has 0 bridgehead atoms. The molecule has 0 unspecified atom stereocenters. The molecule has 1 aliphatic carbocycles. The van der Waals surface area contributed by atoms with E-state index in [9.17, 15) is 4.79 Å². The third-order valence-electron chi connectivity index (χ3n) is 5.51. The Kier molecular flexibility index (Phi) is 8.92. The molecule has 0 aliphatic heterocycles. The summed E-state index contributed by atoms with van der Waals surface area (Å²) in [5.74, 6) is 1.62. The summed E-state index contributed by atoms with van der Waals surface area (Å²) in [4.78, 5) is 13.9. The van der Waals surface area contributed by atoms with E-state index in [0.717, 1.165) is 69.5 Å². The molecule has 2 rings (SSSR count). The highest BCUT2D eigenvalue weighted by atomic mass is 16.5. The van der Waals surface area contributed by atoms with Crippen molar-refractivity contribution in [1.29, 1.82) is 0 Å². The number of nitrogens with zero attached hydrogens (tertiary/aromatic N) is 1. The van der Waals surface area contributed by atoms with E-state index in [1.165, 1.54) is 18.2 Å². The number of ether oxygens (including phenoxy) is 3. The molecule has 0 radical (unpaired) electrons. The van der Waals surface area contributed by atoms with Gasteiger partial charge in [-0.3, -0.25) is 4.79 Å². The van der Waals surface area contributed by atoms with Crippen LogP contribution in [0.25, 0.3) is 0 Å². The van der Waals surface area contributed by atoms with Crippen LogP contribution in [-0.2, 0) is 22.4 Å². The van der Waals surface area contributed by atoms with Crippen LogP contribution in [0.2, 0.25) is 0 Å². The predicted octanol–water partition coefficient (Wildman–Crippen LogP) is 4.01. The van der Waals surface area contributed by atoms with E-state index in [1.54, 1.807) is 14.2 Å². The summed E-state index contributed by atoms with van der Waals surface area (Å²) in [6.07, 6.45) is 8.06. The summed E-state index contributed by atoms with van der Waals surface area (Å²) in [6, 6.07) is 4.80. The average molecular weight is 378 g/mol. The van der Waals surface area contributed by atoms with Gasteiger partial charge >= 0.3 is 5.97 Å². The number of hydrogen-bond acceptors (Lipinski definition) is 5. The molecule has 152 valence electrons. The first-order chi connectivity index (χ1) is 13.1. The topological polar surface area (TPSA) is 48.0 Å². The fourth-order valence-electron chi connectivity index (χ4n) is 4.10. The van der Waals surface area contributed by atoms with Gasteiger partial charge in [0.1, 0.15) is 0 Å². The van der Waals surface area contributed by atoms with Crippen molar-refractivity contribution in [1.82, 2.24) is 4.90 Å². The van der Waals surface area contributed by atoms with Crippen LogP contribution in [-0.4, -0.2) is 51.3 Å². The SMILES string of the molecule is CCCN(CCCCCC(=O)OC)[C@H]1CCc2c(ccc(OC)c2OC)C1. The van der Waals surface area contributed by atoms with Crippen LogP contribution >= 0.6 is 0 Å². The second kappa shape index (κ2) is 11.2. The molecule has 0 saturated heterocycles. The van der Waals surface area contributed by atoms with Gasteiger partial charge < -0.3 is 19.1 Å². The number of hydrogen-bond donors (Lipinski definition) is 0. The van der Waals surface area contributed by atoms with Crippen LogP contribution in [0.1, 0.15) is 56.6 Å². The molecule has 0 heterocycles. The molecule has 5 nitrogen and oxygen atoms in total. The van der Waals surface area contributed by atoms with Crippen molar-refractivity contribution in [2.24, 2.45) is 0 Å². The first-order valence-corrected chi connectivity index (χ1v) is 10.2. The van der Waals surface area contributed by atoms with Crippen LogP contribution in [0.3, 0.4) is 0 Å². The van der Waals surface area contributed by atoms with Crippen LogP contribution in [0.15, 0.2) is 12.1 Å². The van der Waals surface area contributed by atoms with Crippen molar-refractivity contribution < 1.29 is 19.0 Å². The maximum Gasteiger partial charge on any atom is 0.305 e. The van der Waals surface area contributed by atoms with E-state index in [2.05, 4.69) is 17.9 Å². The lowest BCUT2D eigenvalue weighted by molar-refractivity contribution is -0.140. The van der Waals surface area contributed by atoms with E-state index in [0.29, 0.717) is 12.5 Å². The van der Waals surface area contributed by atoms with E-state index in [4.69, 9.17) is 14.2 Å². The van der Waals surface area contributed by atoms with Crippen molar-refractivity contribution >= 4 is 5.97 Å². The molecule has 27 heavy (non-hydrogen) atoms. The van der Waals surface area contributed by atoms with Gasteiger partial charge in [0.2, 0.25) is 0 Å². The Morgan fingerprint density at radius 2 is 1.93 bits per heavy atom. The van der Waals surface area contributed by atoms with Crippen LogP contribution < -0.4 is 9.47 Å². The van der Waals surface area contributed by atoms with Gasteiger partial charge in [-0.2, -0.15) is 0 Å². The van der Waals surface area contributed by atoms with Crippen molar-refractivity contribution in [3.63, 3.8) is 0 Å².